The third-order valence-electron chi connectivity index (χ3n) is 3.25. The Labute approximate surface area is 102 Å². The van der Waals surface area contributed by atoms with Crippen LogP contribution in [0.15, 0.2) is 12.5 Å². The van der Waals surface area contributed by atoms with E-state index in [0.717, 1.165) is 25.9 Å². The molecule has 1 unspecified atom stereocenters. The average molecular weight is 236 g/mol. The first-order chi connectivity index (χ1) is 8.22. The van der Waals surface area contributed by atoms with Crippen LogP contribution in [0.3, 0.4) is 0 Å². The molecule has 1 amide bonds. The van der Waals surface area contributed by atoms with Crippen molar-refractivity contribution in [2.24, 2.45) is 7.05 Å². The maximum absolute atomic E-state index is 12.3. The van der Waals surface area contributed by atoms with Crippen molar-refractivity contribution >= 4 is 5.91 Å². The van der Waals surface area contributed by atoms with Gasteiger partial charge in [-0.1, -0.05) is 0 Å². The zero-order valence-corrected chi connectivity index (χ0v) is 10.5. The van der Waals surface area contributed by atoms with Crippen molar-refractivity contribution < 1.29 is 4.79 Å². The molecule has 1 saturated heterocycles. The van der Waals surface area contributed by atoms with Gasteiger partial charge in [-0.05, 0) is 26.3 Å². The largest absolute Gasteiger partial charge is 0.340 e. The Morgan fingerprint density at radius 3 is 3.06 bits per heavy atom. The molecule has 0 aromatic carbocycles. The van der Waals surface area contributed by atoms with E-state index in [0.29, 0.717) is 11.7 Å². The van der Waals surface area contributed by atoms with Crippen molar-refractivity contribution in [3.05, 3.63) is 18.2 Å². The predicted molar refractivity (Wildman–Crippen MR) is 65.8 cm³/mol. The van der Waals surface area contributed by atoms with Crippen LogP contribution in [-0.4, -0.2) is 46.5 Å². The predicted octanol–water partition coefficient (Wildman–Crippen LogP) is 0.634. The molecule has 0 bridgehead atoms. The lowest BCUT2D eigenvalue weighted by Crippen LogP contribution is -2.48. The quantitative estimate of drug-likeness (QED) is 0.837. The molecule has 0 saturated carbocycles. The number of likely N-dealkylation sites (N-methyl/N-ethyl adjacent to an activating group) is 1. The molecule has 1 atom stereocenters. The van der Waals surface area contributed by atoms with E-state index in [-0.39, 0.29) is 5.91 Å². The third-order valence-corrected chi connectivity index (χ3v) is 3.25. The van der Waals surface area contributed by atoms with Gasteiger partial charge in [0.2, 0.25) is 0 Å². The number of hydrogen-bond donors (Lipinski definition) is 1. The summed E-state index contributed by atoms with van der Waals surface area (Å²) in [5.41, 5.74) is 0.551. The molecule has 1 aromatic heterocycles. The van der Waals surface area contributed by atoms with E-state index in [9.17, 15) is 4.79 Å². The molecule has 1 fully saturated rings. The van der Waals surface area contributed by atoms with Crippen molar-refractivity contribution in [2.75, 3.05) is 20.1 Å². The first-order valence-corrected chi connectivity index (χ1v) is 6.16. The second kappa shape index (κ2) is 5.31. The summed E-state index contributed by atoms with van der Waals surface area (Å²) in [7, 11) is 3.81. The number of carbonyl (C=O) groups is 1. The SMILES string of the molecule is CNCC1CCCCN1C(=O)c1cn(C)cn1. The minimum Gasteiger partial charge on any atom is -0.340 e. The summed E-state index contributed by atoms with van der Waals surface area (Å²) in [6.45, 7) is 1.71. The maximum atomic E-state index is 12.3. The number of likely N-dealkylation sites (tertiary alicyclic amines) is 1. The zero-order chi connectivity index (χ0) is 12.3. The highest BCUT2D eigenvalue weighted by molar-refractivity contribution is 5.92. The molecule has 0 spiro atoms. The van der Waals surface area contributed by atoms with E-state index in [1.54, 1.807) is 12.5 Å². The minimum absolute atomic E-state index is 0.0607. The summed E-state index contributed by atoms with van der Waals surface area (Å²) in [5, 5.41) is 3.16. The van der Waals surface area contributed by atoms with Gasteiger partial charge in [-0.3, -0.25) is 4.79 Å². The molecule has 5 heteroatoms. The normalized spacial score (nSPS) is 20.6. The van der Waals surface area contributed by atoms with Gasteiger partial charge in [0.05, 0.1) is 6.33 Å². The van der Waals surface area contributed by atoms with Crippen molar-refractivity contribution in [1.82, 2.24) is 19.8 Å². The van der Waals surface area contributed by atoms with E-state index in [1.807, 2.05) is 23.6 Å². The van der Waals surface area contributed by atoms with Crippen LogP contribution in [0.25, 0.3) is 0 Å². The maximum Gasteiger partial charge on any atom is 0.274 e. The van der Waals surface area contributed by atoms with Gasteiger partial charge in [0.25, 0.3) is 5.91 Å². The van der Waals surface area contributed by atoms with Gasteiger partial charge in [-0.2, -0.15) is 0 Å². The number of aryl methyl sites for hydroxylation is 1. The Bertz CT molecular complexity index is 386. The molecule has 1 aliphatic heterocycles. The molecule has 94 valence electrons. The first kappa shape index (κ1) is 12.1. The molecule has 0 radical (unpaired) electrons. The lowest BCUT2D eigenvalue weighted by atomic mass is 10.0. The number of nitrogens with one attached hydrogen (secondary N) is 1. The second-order valence-corrected chi connectivity index (χ2v) is 4.63. The number of hydrogen-bond acceptors (Lipinski definition) is 3. The highest BCUT2D eigenvalue weighted by Crippen LogP contribution is 2.18. The van der Waals surface area contributed by atoms with Gasteiger partial charge in [-0.25, -0.2) is 4.98 Å². The molecule has 2 heterocycles. The van der Waals surface area contributed by atoms with Crippen LogP contribution < -0.4 is 5.32 Å². The molecular weight excluding hydrogens is 216 g/mol. The Morgan fingerprint density at radius 1 is 1.59 bits per heavy atom. The van der Waals surface area contributed by atoms with Crippen LogP contribution >= 0.6 is 0 Å². The lowest BCUT2D eigenvalue weighted by Gasteiger charge is -2.35. The fourth-order valence-electron chi connectivity index (χ4n) is 2.39. The van der Waals surface area contributed by atoms with Gasteiger partial charge >= 0.3 is 0 Å². The first-order valence-electron chi connectivity index (χ1n) is 6.16. The summed E-state index contributed by atoms with van der Waals surface area (Å²) in [6, 6.07) is 0.309. The van der Waals surface area contributed by atoms with E-state index in [1.165, 1.54) is 6.42 Å². The molecule has 1 aliphatic rings. The van der Waals surface area contributed by atoms with Gasteiger partial charge in [0.15, 0.2) is 0 Å². The number of amides is 1. The monoisotopic (exact) mass is 236 g/mol. The number of carbonyl (C=O) groups excluding carboxylic acids is 1. The topological polar surface area (TPSA) is 50.2 Å². The summed E-state index contributed by atoms with van der Waals surface area (Å²) in [6.07, 6.45) is 6.84. The van der Waals surface area contributed by atoms with E-state index in [2.05, 4.69) is 10.3 Å². The highest BCUT2D eigenvalue weighted by Gasteiger charge is 2.27. The van der Waals surface area contributed by atoms with E-state index >= 15 is 0 Å². The van der Waals surface area contributed by atoms with Crippen LogP contribution in [0.4, 0.5) is 0 Å². The number of nitrogens with zero attached hydrogens (tertiary/aromatic N) is 3. The Kier molecular flexibility index (Phi) is 3.78. The standard InChI is InChI=1S/C12H20N4O/c1-13-7-10-5-3-4-6-16(10)12(17)11-8-15(2)9-14-11/h8-10,13H,3-7H2,1-2H3. The molecule has 17 heavy (non-hydrogen) atoms. The summed E-state index contributed by atoms with van der Waals surface area (Å²) >= 11 is 0. The molecule has 2 rings (SSSR count). The van der Waals surface area contributed by atoms with Gasteiger partial charge in [0.1, 0.15) is 5.69 Å². The molecular formula is C12H20N4O. The Balaban J connectivity index is 2.10. The number of imidazole rings is 1. The fraction of sp³-hybridized carbons (Fsp3) is 0.667. The van der Waals surface area contributed by atoms with Crippen LogP contribution in [0.2, 0.25) is 0 Å². The zero-order valence-electron chi connectivity index (χ0n) is 10.5. The molecule has 5 nitrogen and oxygen atoms in total. The van der Waals surface area contributed by atoms with Crippen LogP contribution in [0.5, 0.6) is 0 Å². The van der Waals surface area contributed by atoms with E-state index in [4.69, 9.17) is 0 Å². The number of piperidine rings is 1. The fourth-order valence-corrected chi connectivity index (χ4v) is 2.39. The summed E-state index contributed by atoms with van der Waals surface area (Å²) < 4.78 is 1.81. The lowest BCUT2D eigenvalue weighted by molar-refractivity contribution is 0.0609. The Hall–Kier alpha value is -1.36. The third kappa shape index (κ3) is 2.66. The minimum atomic E-state index is 0.0607. The molecule has 1 aromatic rings. The average Bonchev–Trinajstić information content (AvgIpc) is 2.76. The Morgan fingerprint density at radius 2 is 2.41 bits per heavy atom. The number of aromatic nitrogens is 2. The van der Waals surface area contributed by atoms with Gasteiger partial charge in [-0.15, -0.1) is 0 Å². The van der Waals surface area contributed by atoms with Crippen LogP contribution in [0, 0.1) is 0 Å². The summed E-state index contributed by atoms with van der Waals surface area (Å²) in [5.74, 6) is 0.0607. The van der Waals surface area contributed by atoms with Crippen LogP contribution in [0.1, 0.15) is 29.8 Å². The van der Waals surface area contributed by atoms with Crippen molar-refractivity contribution in [3.8, 4) is 0 Å². The van der Waals surface area contributed by atoms with Gasteiger partial charge in [0, 0.05) is 32.4 Å². The number of rotatable bonds is 3. The van der Waals surface area contributed by atoms with Crippen molar-refractivity contribution in [1.29, 1.82) is 0 Å². The molecule has 1 N–H and O–H groups in total. The highest BCUT2D eigenvalue weighted by atomic mass is 16.2. The summed E-state index contributed by atoms with van der Waals surface area (Å²) in [4.78, 5) is 18.4. The van der Waals surface area contributed by atoms with Gasteiger partial charge < -0.3 is 14.8 Å². The molecule has 0 aliphatic carbocycles. The van der Waals surface area contributed by atoms with E-state index < -0.39 is 0 Å². The van der Waals surface area contributed by atoms with Crippen molar-refractivity contribution in [3.63, 3.8) is 0 Å². The van der Waals surface area contributed by atoms with Crippen molar-refractivity contribution in [2.45, 2.75) is 25.3 Å². The second-order valence-electron chi connectivity index (χ2n) is 4.63. The van der Waals surface area contributed by atoms with Crippen LogP contribution in [-0.2, 0) is 7.05 Å². The smallest absolute Gasteiger partial charge is 0.274 e.